The summed E-state index contributed by atoms with van der Waals surface area (Å²) in [6, 6.07) is 10.2. The van der Waals surface area contributed by atoms with Gasteiger partial charge in [-0.25, -0.2) is 0 Å². The van der Waals surface area contributed by atoms with Crippen LogP contribution < -0.4 is 0 Å². The number of thioether (sulfide) groups is 3. The van der Waals surface area contributed by atoms with Crippen LogP contribution in [0.1, 0.15) is 40.2 Å². The molecule has 122 valence electrons. The Morgan fingerprint density at radius 2 is 1.87 bits per heavy atom. The number of carbonyl (C=O) groups excluding carboxylic acids is 1. The molecule has 4 heteroatoms. The van der Waals surface area contributed by atoms with Crippen molar-refractivity contribution in [1.82, 2.24) is 0 Å². The molecule has 2 aliphatic heterocycles. The molecular formula is C19H22OS3. The molecule has 0 radical (unpaired) electrons. The van der Waals surface area contributed by atoms with Gasteiger partial charge < -0.3 is 0 Å². The fourth-order valence-corrected chi connectivity index (χ4v) is 9.49. The quantitative estimate of drug-likeness (QED) is 0.629. The lowest BCUT2D eigenvalue weighted by Crippen LogP contribution is -2.40. The zero-order valence-electron chi connectivity index (χ0n) is 14.2. The first-order valence-corrected chi connectivity index (χ1v) is 10.5. The maximum Gasteiger partial charge on any atom is 0.216 e. The van der Waals surface area contributed by atoms with E-state index in [2.05, 4.69) is 52.5 Å². The van der Waals surface area contributed by atoms with Gasteiger partial charge in [0, 0.05) is 11.0 Å². The van der Waals surface area contributed by atoms with Gasteiger partial charge in [0.05, 0.1) is 0 Å². The van der Waals surface area contributed by atoms with E-state index in [4.69, 9.17) is 0 Å². The SMILES string of the molecule is CCSC12SC(=O)C(c3ccccc3)(S1)C(=C=C(C)C)C2(C)C. The first kappa shape index (κ1) is 17.3. The van der Waals surface area contributed by atoms with Crippen LogP contribution in [0.4, 0.5) is 0 Å². The second kappa shape index (κ2) is 5.77. The summed E-state index contributed by atoms with van der Waals surface area (Å²) < 4.78 is -0.749. The van der Waals surface area contributed by atoms with Crippen molar-refractivity contribution in [2.75, 3.05) is 5.75 Å². The molecule has 1 aromatic rings. The Kier molecular flexibility index (Phi) is 4.34. The zero-order chi connectivity index (χ0) is 16.9. The lowest BCUT2D eigenvalue weighted by atomic mass is 9.75. The summed E-state index contributed by atoms with van der Waals surface area (Å²) in [7, 11) is 0. The van der Waals surface area contributed by atoms with Crippen molar-refractivity contribution in [2.24, 2.45) is 5.41 Å². The Morgan fingerprint density at radius 1 is 1.22 bits per heavy atom. The van der Waals surface area contributed by atoms with Gasteiger partial charge in [0.25, 0.3) is 0 Å². The van der Waals surface area contributed by atoms with E-state index >= 15 is 0 Å². The smallest absolute Gasteiger partial charge is 0.216 e. The van der Waals surface area contributed by atoms with Crippen molar-refractivity contribution in [2.45, 2.75) is 42.8 Å². The largest absolute Gasteiger partial charge is 0.285 e. The number of rotatable bonds is 3. The minimum atomic E-state index is -0.588. The molecule has 1 nitrogen and oxygen atoms in total. The second-order valence-electron chi connectivity index (χ2n) is 6.65. The van der Waals surface area contributed by atoms with Crippen molar-refractivity contribution in [3.63, 3.8) is 0 Å². The molecule has 0 amide bonds. The van der Waals surface area contributed by atoms with Gasteiger partial charge in [0.2, 0.25) is 5.12 Å². The molecule has 0 N–H and O–H groups in total. The van der Waals surface area contributed by atoms with Crippen LogP contribution in [0.5, 0.6) is 0 Å². The monoisotopic (exact) mass is 362 g/mol. The summed E-state index contributed by atoms with van der Waals surface area (Å²) in [4.78, 5) is 13.2. The van der Waals surface area contributed by atoms with Gasteiger partial charge in [-0.3, -0.25) is 4.79 Å². The van der Waals surface area contributed by atoms with Gasteiger partial charge in [0.1, 0.15) is 8.16 Å². The molecule has 3 rings (SSSR count). The third-order valence-electron chi connectivity index (χ3n) is 4.43. The minimum absolute atomic E-state index is 0.0932. The molecule has 2 aliphatic rings. The van der Waals surface area contributed by atoms with E-state index in [1.54, 1.807) is 0 Å². The number of carbonyl (C=O) groups is 1. The first-order chi connectivity index (χ1) is 10.8. The summed E-state index contributed by atoms with van der Waals surface area (Å²) in [6.07, 6.45) is 0. The van der Waals surface area contributed by atoms with E-state index in [9.17, 15) is 4.79 Å². The molecule has 2 saturated heterocycles. The van der Waals surface area contributed by atoms with E-state index in [0.717, 1.165) is 22.5 Å². The average Bonchev–Trinajstić information content (AvgIpc) is 2.89. The molecule has 2 bridgehead atoms. The Bertz CT molecular complexity index is 711. The van der Waals surface area contributed by atoms with Crippen LogP contribution in [0.3, 0.4) is 0 Å². The highest BCUT2D eigenvalue weighted by Crippen LogP contribution is 2.81. The Hall–Kier alpha value is -0.540. The fraction of sp³-hybridized carbons (Fsp3) is 0.474. The van der Waals surface area contributed by atoms with Crippen LogP contribution in [-0.4, -0.2) is 14.3 Å². The molecule has 2 fully saturated rings. The fourth-order valence-electron chi connectivity index (χ4n) is 3.38. The van der Waals surface area contributed by atoms with Crippen LogP contribution in [-0.2, 0) is 9.54 Å². The second-order valence-corrected chi connectivity index (χ2v) is 11.5. The Labute approximate surface area is 151 Å². The summed E-state index contributed by atoms with van der Waals surface area (Å²) in [5.74, 6) is 1.00. The third-order valence-corrected chi connectivity index (χ3v) is 10.4. The molecule has 0 saturated carbocycles. The molecule has 23 heavy (non-hydrogen) atoms. The standard InChI is InChI=1S/C19H22OS3/c1-6-21-19-17(4,5)15(12-13(2)3)18(23-19,16(20)22-19)14-10-8-7-9-11-14/h7-11H,6H2,1-5H3. The number of fused-ring (bicyclic) bond motifs is 2. The zero-order valence-corrected chi connectivity index (χ0v) is 16.7. The van der Waals surface area contributed by atoms with E-state index < -0.39 is 4.75 Å². The molecule has 2 unspecified atom stereocenters. The van der Waals surface area contributed by atoms with Crippen LogP contribution >= 0.6 is 35.3 Å². The topological polar surface area (TPSA) is 17.1 Å². The van der Waals surface area contributed by atoms with Crippen molar-refractivity contribution in [3.05, 3.63) is 52.8 Å². The maximum atomic E-state index is 13.2. The lowest BCUT2D eigenvalue weighted by molar-refractivity contribution is -0.112. The Morgan fingerprint density at radius 3 is 2.43 bits per heavy atom. The summed E-state index contributed by atoms with van der Waals surface area (Å²) in [5.41, 5.74) is 6.86. The summed E-state index contributed by atoms with van der Waals surface area (Å²) in [6.45, 7) is 10.9. The summed E-state index contributed by atoms with van der Waals surface area (Å²) in [5, 5.41) is 0.262. The molecule has 0 aliphatic carbocycles. The average molecular weight is 363 g/mol. The Balaban J connectivity index is 2.33. The van der Waals surface area contributed by atoms with Gasteiger partial charge in [-0.05, 0) is 30.7 Å². The predicted octanol–water partition coefficient (Wildman–Crippen LogP) is 5.83. The molecular weight excluding hydrogens is 340 g/mol. The van der Waals surface area contributed by atoms with Gasteiger partial charge in [-0.15, -0.1) is 29.3 Å². The van der Waals surface area contributed by atoms with Crippen LogP contribution in [0.2, 0.25) is 0 Å². The van der Waals surface area contributed by atoms with Crippen LogP contribution in [0.25, 0.3) is 0 Å². The van der Waals surface area contributed by atoms with Crippen molar-refractivity contribution >= 4 is 40.4 Å². The molecule has 2 heterocycles. The molecule has 1 aromatic carbocycles. The third kappa shape index (κ3) is 2.30. The van der Waals surface area contributed by atoms with Crippen molar-refractivity contribution in [1.29, 1.82) is 0 Å². The van der Waals surface area contributed by atoms with Gasteiger partial charge in [-0.2, -0.15) is 0 Å². The van der Waals surface area contributed by atoms with Crippen LogP contribution in [0.15, 0.2) is 47.2 Å². The molecule has 0 aromatic heterocycles. The van der Waals surface area contributed by atoms with Crippen molar-refractivity contribution < 1.29 is 4.79 Å². The van der Waals surface area contributed by atoms with E-state index in [-0.39, 0.29) is 13.9 Å². The minimum Gasteiger partial charge on any atom is -0.285 e. The van der Waals surface area contributed by atoms with Gasteiger partial charge in [0.15, 0.2) is 0 Å². The van der Waals surface area contributed by atoms with E-state index in [1.165, 1.54) is 11.8 Å². The molecule has 0 spiro atoms. The lowest BCUT2D eigenvalue weighted by Gasteiger charge is -2.40. The number of hydrogen-bond donors (Lipinski definition) is 0. The van der Waals surface area contributed by atoms with Crippen molar-refractivity contribution in [3.8, 4) is 0 Å². The van der Waals surface area contributed by atoms with E-state index in [1.807, 2.05) is 41.7 Å². The highest BCUT2D eigenvalue weighted by atomic mass is 32.3. The van der Waals surface area contributed by atoms with Gasteiger partial charge >= 0.3 is 0 Å². The highest BCUT2D eigenvalue weighted by Gasteiger charge is 2.74. The number of hydrogen-bond acceptors (Lipinski definition) is 4. The van der Waals surface area contributed by atoms with E-state index in [0.29, 0.717) is 0 Å². The number of benzene rings is 1. The normalized spacial score (nSPS) is 31.3. The van der Waals surface area contributed by atoms with Crippen LogP contribution in [0, 0.1) is 5.41 Å². The molecule has 2 atom stereocenters. The predicted molar refractivity (Wildman–Crippen MR) is 105 cm³/mol. The summed E-state index contributed by atoms with van der Waals surface area (Å²) >= 11 is 5.27. The highest BCUT2D eigenvalue weighted by molar-refractivity contribution is 8.42. The van der Waals surface area contributed by atoms with Gasteiger partial charge in [-0.1, -0.05) is 62.9 Å². The maximum absolute atomic E-state index is 13.2. The first-order valence-electron chi connectivity index (χ1n) is 7.88.